The molecule has 2 aliphatic rings. The monoisotopic (exact) mass is 944 g/mol. The first-order chi connectivity index (χ1) is 30.8. The third-order valence-electron chi connectivity index (χ3n) is 11.7. The number of ether oxygens (including phenoxy) is 5. The second-order valence-electron chi connectivity index (χ2n) is 21.3. The Balaban J connectivity index is 1.40. The number of hydrogen-bond donors (Lipinski definition) is 1. The standard InChI is InChI=1S/C52H70FN2O9PSi/c1-34(2)61-49(57)35(3)55-65(58,64-39-16-14-13-15-17-39)33-60-40-25-27-45-44(31-40)47(36-20-22-38(53)23-21-36)43(48(54-45)37-18-19-37)26-24-41-30-42(32-46(56)59-28-29-66(10,11)12)63-52(62-41,50(4,5)6)51(7,8)9/h13-17,20-27,31,34-35,37,41-42H,18-19,28-30,32-33H2,1-12H3,(H,55,58)/t35-,41+,42+,65?/m0/s1. The fourth-order valence-electron chi connectivity index (χ4n) is 8.54. The Morgan fingerprint density at radius 2 is 1.61 bits per heavy atom. The lowest BCUT2D eigenvalue weighted by Gasteiger charge is -2.57. The van der Waals surface area contributed by atoms with Gasteiger partial charge in [-0.1, -0.05) is 104 Å². The second-order valence-corrected chi connectivity index (χ2v) is 28.9. The molecule has 1 unspecified atom stereocenters. The summed E-state index contributed by atoms with van der Waals surface area (Å²) in [6.45, 7) is 24.8. The van der Waals surface area contributed by atoms with Crippen molar-refractivity contribution in [2.24, 2.45) is 10.8 Å². The van der Waals surface area contributed by atoms with Gasteiger partial charge in [-0.25, -0.2) is 9.48 Å². The van der Waals surface area contributed by atoms with Gasteiger partial charge in [-0.05, 0) is 87.7 Å². The molecule has 0 amide bonds. The van der Waals surface area contributed by atoms with Crippen molar-refractivity contribution in [2.75, 3.05) is 13.0 Å². The van der Waals surface area contributed by atoms with Crippen LogP contribution in [0, 0.1) is 16.6 Å². The first-order valence-electron chi connectivity index (χ1n) is 23.2. The summed E-state index contributed by atoms with van der Waals surface area (Å²) in [6.07, 6.45) is 4.87. The molecule has 11 nitrogen and oxygen atoms in total. The third kappa shape index (κ3) is 13.0. The molecule has 14 heteroatoms. The lowest BCUT2D eigenvalue weighted by atomic mass is 9.69. The van der Waals surface area contributed by atoms with Gasteiger partial charge in [-0.3, -0.25) is 19.1 Å². The molecule has 66 heavy (non-hydrogen) atoms. The quantitative estimate of drug-likeness (QED) is 0.0581. The van der Waals surface area contributed by atoms with E-state index in [1.165, 1.54) is 12.1 Å². The number of carbonyl (C=O) groups is 2. The Morgan fingerprint density at radius 3 is 2.21 bits per heavy atom. The molecule has 1 aliphatic carbocycles. The maximum absolute atomic E-state index is 14.6. The minimum absolute atomic E-state index is 0.0988. The molecule has 4 aromatic rings. The summed E-state index contributed by atoms with van der Waals surface area (Å²) in [4.78, 5) is 31.4. The van der Waals surface area contributed by atoms with Crippen molar-refractivity contribution in [3.05, 3.63) is 95.9 Å². The van der Waals surface area contributed by atoms with E-state index in [4.69, 9.17) is 33.2 Å². The molecule has 4 atom stereocenters. The van der Waals surface area contributed by atoms with Gasteiger partial charge in [0, 0.05) is 47.8 Å². The first-order valence-corrected chi connectivity index (χ1v) is 28.7. The second kappa shape index (κ2) is 20.5. The van der Waals surface area contributed by atoms with Gasteiger partial charge in [0.2, 0.25) is 0 Å². The topological polar surface area (TPSA) is 132 Å². The number of fused-ring (bicyclic) bond motifs is 1. The molecule has 0 radical (unpaired) electrons. The summed E-state index contributed by atoms with van der Waals surface area (Å²) in [7, 11) is -5.30. The third-order valence-corrected chi connectivity index (χ3v) is 15.2. The molecular weight excluding hydrogens is 875 g/mol. The molecule has 2 fully saturated rings. The number of nitrogens with one attached hydrogen (secondary N) is 1. The zero-order valence-electron chi connectivity index (χ0n) is 40.9. The zero-order valence-corrected chi connectivity index (χ0v) is 42.8. The van der Waals surface area contributed by atoms with Crippen LogP contribution in [-0.2, 0) is 33.1 Å². The number of rotatable bonds is 18. The van der Waals surface area contributed by atoms with Crippen LogP contribution in [0.4, 0.5) is 4.39 Å². The number of para-hydroxylation sites is 1. The van der Waals surface area contributed by atoms with E-state index in [1.807, 2.05) is 18.2 Å². The summed E-state index contributed by atoms with van der Waals surface area (Å²) >= 11 is 0. The van der Waals surface area contributed by atoms with E-state index in [2.05, 4.69) is 78.4 Å². The summed E-state index contributed by atoms with van der Waals surface area (Å²) < 4.78 is 66.6. The van der Waals surface area contributed by atoms with Crippen molar-refractivity contribution >= 4 is 44.5 Å². The average Bonchev–Trinajstić information content (AvgIpc) is 4.07. The van der Waals surface area contributed by atoms with Crippen LogP contribution in [-0.4, -0.2) is 68.1 Å². The smallest absolute Gasteiger partial charge is 0.354 e. The molecule has 1 saturated heterocycles. The molecule has 1 N–H and O–H groups in total. The minimum Gasteiger partial charge on any atom is -0.481 e. The van der Waals surface area contributed by atoms with E-state index in [0.717, 1.165) is 46.7 Å². The van der Waals surface area contributed by atoms with Crippen molar-refractivity contribution in [2.45, 2.75) is 150 Å². The van der Waals surface area contributed by atoms with Gasteiger partial charge in [0.05, 0.1) is 42.6 Å². The van der Waals surface area contributed by atoms with Crippen LogP contribution in [0.15, 0.2) is 78.9 Å². The lowest BCUT2D eigenvalue weighted by Crippen LogP contribution is -2.63. The van der Waals surface area contributed by atoms with E-state index in [9.17, 15) is 18.5 Å². The predicted octanol–water partition coefficient (Wildman–Crippen LogP) is 12.7. The fourth-order valence-corrected chi connectivity index (χ4v) is 10.9. The van der Waals surface area contributed by atoms with Gasteiger partial charge < -0.3 is 28.2 Å². The van der Waals surface area contributed by atoms with E-state index < -0.39 is 62.8 Å². The summed E-state index contributed by atoms with van der Waals surface area (Å²) in [6, 6.07) is 20.5. The first kappa shape index (κ1) is 51.0. The fraction of sp³-hybridized carbons (Fsp3) is 0.519. The number of esters is 2. The summed E-state index contributed by atoms with van der Waals surface area (Å²) in [5.41, 5.74) is 3.11. The van der Waals surface area contributed by atoms with Crippen molar-refractivity contribution in [1.29, 1.82) is 0 Å². The van der Waals surface area contributed by atoms with Crippen molar-refractivity contribution < 1.29 is 46.8 Å². The molecule has 1 aliphatic heterocycles. The van der Waals surface area contributed by atoms with Gasteiger partial charge in [0.25, 0.3) is 0 Å². The maximum Gasteiger partial charge on any atom is 0.354 e. The highest BCUT2D eigenvalue weighted by molar-refractivity contribution is 7.57. The Morgan fingerprint density at radius 1 is 0.939 bits per heavy atom. The number of pyridine rings is 1. The Hall–Kier alpha value is -4.39. The molecule has 0 bridgehead atoms. The molecular formula is C52H70FN2O9PSi. The van der Waals surface area contributed by atoms with Gasteiger partial charge in [-0.2, -0.15) is 0 Å². The molecule has 3 aromatic carbocycles. The highest BCUT2D eigenvalue weighted by atomic mass is 31.2. The van der Waals surface area contributed by atoms with E-state index in [-0.39, 0.29) is 30.2 Å². The van der Waals surface area contributed by atoms with E-state index in [0.29, 0.717) is 30.0 Å². The normalized spacial score (nSPS) is 19.4. The molecule has 1 saturated carbocycles. The van der Waals surface area contributed by atoms with Crippen LogP contribution >= 0.6 is 7.52 Å². The van der Waals surface area contributed by atoms with E-state index in [1.54, 1.807) is 63.2 Å². The number of halogens is 1. The molecule has 6 rings (SSSR count). The Bertz CT molecular complexity index is 2390. The Labute approximate surface area is 392 Å². The summed E-state index contributed by atoms with van der Waals surface area (Å²) in [5, 5.41) is 3.60. The number of aromatic nitrogens is 1. The maximum atomic E-state index is 14.6. The van der Waals surface area contributed by atoms with Gasteiger partial charge in [-0.15, -0.1) is 0 Å². The van der Waals surface area contributed by atoms with Crippen LogP contribution in [0.5, 0.6) is 11.5 Å². The van der Waals surface area contributed by atoms with Crippen molar-refractivity contribution in [1.82, 2.24) is 10.1 Å². The van der Waals surface area contributed by atoms with Crippen LogP contribution in [0.3, 0.4) is 0 Å². The van der Waals surface area contributed by atoms with Crippen LogP contribution in [0.1, 0.15) is 105 Å². The minimum atomic E-state index is -3.90. The zero-order chi connectivity index (χ0) is 48.2. The van der Waals surface area contributed by atoms with Gasteiger partial charge in [0.1, 0.15) is 23.4 Å². The highest BCUT2D eigenvalue weighted by Crippen LogP contribution is 2.53. The average molecular weight is 945 g/mol. The SMILES string of the molecule is CC(C)OC(=O)[C@H](C)NP(=O)(COc1ccc2nc(C3CC3)c(C=C[C@@H]3C[C@H](CC(=O)OCC[Si](C)(C)C)OC(C(C)(C)C)(C(C)(C)C)O3)c(-c3ccc(F)cc3)c2c1)Oc1ccccc1. The summed E-state index contributed by atoms with van der Waals surface area (Å²) in [5.74, 6) is -1.36. The van der Waals surface area contributed by atoms with Crippen molar-refractivity contribution in [3.63, 3.8) is 0 Å². The molecule has 1 aromatic heterocycles. The number of hydrogen-bond acceptors (Lipinski definition) is 10. The van der Waals surface area contributed by atoms with Crippen LogP contribution < -0.4 is 14.3 Å². The van der Waals surface area contributed by atoms with Crippen LogP contribution in [0.25, 0.3) is 28.1 Å². The van der Waals surface area contributed by atoms with Gasteiger partial charge in [0.15, 0.2) is 12.1 Å². The molecule has 358 valence electrons. The number of nitrogens with zero attached hydrogens (tertiary/aromatic N) is 1. The predicted molar refractivity (Wildman–Crippen MR) is 262 cm³/mol. The number of carbonyl (C=O) groups excluding carboxylic acids is 2. The lowest BCUT2D eigenvalue weighted by molar-refractivity contribution is -0.389. The van der Waals surface area contributed by atoms with Gasteiger partial charge >= 0.3 is 19.5 Å². The Kier molecular flexibility index (Phi) is 15.8. The van der Waals surface area contributed by atoms with E-state index >= 15 is 0 Å². The highest BCUT2D eigenvalue weighted by Gasteiger charge is 2.58. The van der Waals surface area contributed by atoms with Crippen LogP contribution in [0.2, 0.25) is 25.7 Å². The largest absolute Gasteiger partial charge is 0.481 e. The number of benzene rings is 3. The van der Waals surface area contributed by atoms with Crippen molar-refractivity contribution in [3.8, 4) is 22.6 Å². The molecule has 2 heterocycles. The molecule has 0 spiro atoms.